The maximum Gasteiger partial charge on any atom is 0.264 e. The van der Waals surface area contributed by atoms with Gasteiger partial charge in [-0.15, -0.1) is 0 Å². The first-order chi connectivity index (χ1) is 18.9. The van der Waals surface area contributed by atoms with Gasteiger partial charge in [-0.2, -0.15) is 0 Å². The van der Waals surface area contributed by atoms with Crippen molar-refractivity contribution < 1.29 is 13.2 Å². The van der Waals surface area contributed by atoms with Gasteiger partial charge >= 0.3 is 0 Å². The molecule has 0 aliphatic carbocycles. The van der Waals surface area contributed by atoms with Crippen molar-refractivity contribution in [3.05, 3.63) is 114 Å². The van der Waals surface area contributed by atoms with Crippen LogP contribution < -0.4 is 9.21 Å². The lowest BCUT2D eigenvalue weighted by atomic mass is 10.1. The van der Waals surface area contributed by atoms with Crippen LogP contribution in [-0.4, -0.2) is 30.8 Å². The molecule has 0 unspecified atom stereocenters. The number of carbonyl (C=O) groups is 1. The van der Waals surface area contributed by atoms with E-state index < -0.39 is 10.0 Å². The Morgan fingerprint density at radius 1 is 0.872 bits per heavy atom. The molecular weight excluding hydrogens is 528 g/mol. The summed E-state index contributed by atoms with van der Waals surface area (Å²) in [4.78, 5) is 24.8. The molecule has 3 aromatic carbocycles. The lowest BCUT2D eigenvalue weighted by Crippen LogP contribution is -2.32. The fourth-order valence-electron chi connectivity index (χ4n) is 4.41. The van der Waals surface area contributed by atoms with E-state index in [4.69, 9.17) is 4.98 Å². The zero-order valence-electron chi connectivity index (χ0n) is 21.7. The Morgan fingerprint density at radius 2 is 1.62 bits per heavy atom. The SMILES string of the molecule is CCc1cccc2sc(N(Cc3ccccn3)C(=O)c3ccc(S(=O)(=O)N(CC)c4ccccc4)cc3)nc12. The zero-order valence-corrected chi connectivity index (χ0v) is 23.3. The average Bonchev–Trinajstić information content (AvgIpc) is 3.41. The number of sulfonamides is 1. The van der Waals surface area contributed by atoms with Gasteiger partial charge in [-0.3, -0.25) is 19.0 Å². The molecule has 9 heteroatoms. The summed E-state index contributed by atoms with van der Waals surface area (Å²) in [6.45, 7) is 4.39. The highest BCUT2D eigenvalue weighted by Gasteiger charge is 2.26. The summed E-state index contributed by atoms with van der Waals surface area (Å²) < 4.78 is 29.2. The van der Waals surface area contributed by atoms with E-state index in [1.165, 1.54) is 27.8 Å². The normalized spacial score (nSPS) is 11.4. The standard InChI is InChI=1S/C30H28N4O3S2/c1-3-22-11-10-15-27-28(22)32-30(38-27)33(21-24-12-8-9-20-31-24)29(35)23-16-18-26(19-17-23)39(36,37)34(4-2)25-13-6-5-7-14-25/h5-20H,3-4,21H2,1-2H3. The van der Waals surface area contributed by atoms with Crippen LogP contribution in [0.3, 0.4) is 0 Å². The highest BCUT2D eigenvalue weighted by atomic mass is 32.2. The van der Waals surface area contributed by atoms with Crippen molar-refractivity contribution >= 4 is 48.3 Å². The van der Waals surface area contributed by atoms with Crippen molar-refractivity contribution in [2.24, 2.45) is 0 Å². The molecule has 7 nitrogen and oxygen atoms in total. The molecule has 0 bridgehead atoms. The van der Waals surface area contributed by atoms with Crippen LogP contribution in [0.5, 0.6) is 0 Å². The van der Waals surface area contributed by atoms with E-state index in [9.17, 15) is 13.2 Å². The van der Waals surface area contributed by atoms with Crippen molar-refractivity contribution in [3.8, 4) is 0 Å². The summed E-state index contributed by atoms with van der Waals surface area (Å²) in [7, 11) is -3.80. The molecule has 0 spiro atoms. The molecule has 0 aliphatic heterocycles. The molecule has 5 rings (SSSR count). The van der Waals surface area contributed by atoms with Gasteiger partial charge in [0.25, 0.3) is 15.9 Å². The Hall–Kier alpha value is -4.08. The number of aryl methyl sites for hydroxylation is 1. The molecule has 0 saturated carbocycles. The third-order valence-electron chi connectivity index (χ3n) is 6.42. The fourth-order valence-corrected chi connectivity index (χ4v) is 6.90. The summed E-state index contributed by atoms with van der Waals surface area (Å²) in [5.41, 5.74) is 3.68. The predicted octanol–water partition coefficient (Wildman–Crippen LogP) is 6.32. The van der Waals surface area contributed by atoms with Crippen molar-refractivity contribution in [1.29, 1.82) is 0 Å². The largest absolute Gasteiger partial charge is 0.278 e. The maximum atomic E-state index is 13.9. The number of carbonyl (C=O) groups excluding carboxylic acids is 1. The minimum Gasteiger partial charge on any atom is -0.278 e. The third-order valence-corrected chi connectivity index (χ3v) is 9.38. The van der Waals surface area contributed by atoms with Crippen molar-refractivity contribution in [3.63, 3.8) is 0 Å². The number of hydrogen-bond donors (Lipinski definition) is 0. The van der Waals surface area contributed by atoms with E-state index in [-0.39, 0.29) is 23.9 Å². The van der Waals surface area contributed by atoms with Gasteiger partial charge in [0.2, 0.25) is 0 Å². The van der Waals surface area contributed by atoms with Crippen molar-refractivity contribution in [2.75, 3.05) is 15.7 Å². The Morgan fingerprint density at radius 3 is 2.28 bits per heavy atom. The van der Waals surface area contributed by atoms with E-state index in [1.807, 2.05) is 42.5 Å². The predicted molar refractivity (Wildman–Crippen MR) is 157 cm³/mol. The van der Waals surface area contributed by atoms with E-state index >= 15 is 0 Å². The monoisotopic (exact) mass is 556 g/mol. The van der Waals surface area contributed by atoms with Gasteiger partial charge in [-0.05, 0) is 73.5 Å². The average molecular weight is 557 g/mol. The van der Waals surface area contributed by atoms with Gasteiger partial charge in [0.1, 0.15) is 0 Å². The number of anilines is 2. The number of nitrogens with zero attached hydrogens (tertiary/aromatic N) is 4. The number of fused-ring (bicyclic) bond motifs is 1. The van der Waals surface area contributed by atoms with Crippen LogP contribution >= 0.6 is 11.3 Å². The van der Waals surface area contributed by atoms with Crippen molar-refractivity contribution in [2.45, 2.75) is 31.7 Å². The van der Waals surface area contributed by atoms with Crippen LogP contribution in [0.15, 0.2) is 102 Å². The summed E-state index contributed by atoms with van der Waals surface area (Å²) >= 11 is 1.45. The van der Waals surface area contributed by atoms with Gasteiger partial charge in [0.15, 0.2) is 5.13 Å². The van der Waals surface area contributed by atoms with Gasteiger partial charge in [0.05, 0.1) is 33.0 Å². The number of para-hydroxylation sites is 2. The minimum absolute atomic E-state index is 0.119. The molecule has 1 amide bonds. The molecular formula is C30H28N4O3S2. The van der Waals surface area contributed by atoms with Crippen LogP contribution in [0.4, 0.5) is 10.8 Å². The molecule has 0 radical (unpaired) electrons. The molecule has 0 N–H and O–H groups in total. The molecule has 0 atom stereocenters. The van der Waals surface area contributed by atoms with Crippen LogP contribution in [-0.2, 0) is 23.0 Å². The first kappa shape index (κ1) is 26.5. The molecule has 0 aliphatic rings. The molecule has 198 valence electrons. The topological polar surface area (TPSA) is 83.5 Å². The molecule has 39 heavy (non-hydrogen) atoms. The first-order valence-electron chi connectivity index (χ1n) is 12.7. The van der Waals surface area contributed by atoms with Crippen LogP contribution in [0, 0.1) is 0 Å². The van der Waals surface area contributed by atoms with Crippen molar-refractivity contribution in [1.82, 2.24) is 9.97 Å². The second-order valence-electron chi connectivity index (χ2n) is 8.86. The summed E-state index contributed by atoms with van der Waals surface area (Å²) in [5.74, 6) is -0.280. The smallest absolute Gasteiger partial charge is 0.264 e. The summed E-state index contributed by atoms with van der Waals surface area (Å²) in [6, 6.07) is 26.7. The fraction of sp³-hybridized carbons (Fsp3) is 0.167. The Kier molecular flexibility index (Phi) is 7.72. The molecule has 2 aromatic heterocycles. The lowest BCUT2D eigenvalue weighted by Gasteiger charge is -2.23. The van der Waals surface area contributed by atoms with Gasteiger partial charge in [-0.1, -0.05) is 54.7 Å². The molecule has 0 fully saturated rings. The number of hydrogen-bond acceptors (Lipinski definition) is 6. The minimum atomic E-state index is -3.80. The van der Waals surface area contributed by atoms with E-state index in [1.54, 1.807) is 54.4 Å². The molecule has 5 aromatic rings. The third kappa shape index (κ3) is 5.41. The number of aromatic nitrogens is 2. The highest BCUT2D eigenvalue weighted by Crippen LogP contribution is 2.33. The number of benzene rings is 3. The van der Waals surface area contributed by atoms with Gasteiger partial charge in [0, 0.05) is 18.3 Å². The first-order valence-corrected chi connectivity index (χ1v) is 15.0. The van der Waals surface area contributed by atoms with E-state index in [0.29, 0.717) is 16.4 Å². The summed E-state index contributed by atoms with van der Waals surface area (Å²) in [6.07, 6.45) is 2.53. The van der Waals surface area contributed by atoms with Gasteiger partial charge in [-0.25, -0.2) is 13.4 Å². The van der Waals surface area contributed by atoms with Gasteiger partial charge < -0.3 is 0 Å². The van der Waals surface area contributed by atoms with Crippen LogP contribution in [0.1, 0.15) is 35.5 Å². The Balaban J connectivity index is 1.49. The number of thiazole rings is 1. The Bertz CT molecular complexity index is 1690. The Labute approximate surface area is 232 Å². The number of rotatable bonds is 9. The molecule has 2 heterocycles. The summed E-state index contributed by atoms with van der Waals surface area (Å²) in [5, 5.41) is 0.569. The highest BCUT2D eigenvalue weighted by molar-refractivity contribution is 7.92. The van der Waals surface area contributed by atoms with Crippen LogP contribution in [0.2, 0.25) is 0 Å². The second-order valence-corrected chi connectivity index (χ2v) is 11.7. The zero-order chi connectivity index (χ0) is 27.4. The van der Waals surface area contributed by atoms with E-state index in [0.717, 1.165) is 27.9 Å². The number of amides is 1. The van der Waals surface area contributed by atoms with E-state index in [2.05, 4.69) is 11.9 Å². The molecule has 0 saturated heterocycles. The van der Waals surface area contributed by atoms with Crippen LogP contribution in [0.25, 0.3) is 10.2 Å². The second kappa shape index (κ2) is 11.3. The quantitative estimate of drug-likeness (QED) is 0.212. The maximum absolute atomic E-state index is 13.9. The lowest BCUT2D eigenvalue weighted by molar-refractivity contribution is 0.0984. The number of pyridine rings is 1.